The summed E-state index contributed by atoms with van der Waals surface area (Å²) in [4.78, 5) is 14.4. The molecule has 1 aliphatic heterocycles. The predicted molar refractivity (Wildman–Crippen MR) is 84.9 cm³/mol. The molecule has 2 aliphatic rings. The number of nitrogens with one attached hydrogen (secondary N) is 1. The highest BCUT2D eigenvalue weighted by Crippen LogP contribution is 2.26. The molecule has 128 valence electrons. The molecule has 1 saturated carbocycles. The van der Waals surface area contributed by atoms with Gasteiger partial charge in [0.2, 0.25) is 0 Å². The summed E-state index contributed by atoms with van der Waals surface area (Å²) < 4.78 is 1.80. The number of hydrogen-bond donors (Lipinski definition) is 3. The lowest BCUT2D eigenvalue weighted by Crippen LogP contribution is -2.36. The average molecular weight is 322 g/mol. The van der Waals surface area contributed by atoms with Crippen LogP contribution in [0.1, 0.15) is 48.6 Å². The van der Waals surface area contributed by atoms with Gasteiger partial charge in [-0.1, -0.05) is 5.21 Å². The first-order valence-corrected chi connectivity index (χ1v) is 8.36. The zero-order chi connectivity index (χ0) is 16.4. The summed E-state index contributed by atoms with van der Waals surface area (Å²) in [5, 5.41) is 20.4. The largest absolute Gasteiger partial charge is 0.395 e. The van der Waals surface area contributed by atoms with Crippen molar-refractivity contribution in [2.24, 2.45) is 5.73 Å². The van der Waals surface area contributed by atoms with Crippen LogP contribution < -0.4 is 11.1 Å². The summed E-state index contributed by atoms with van der Waals surface area (Å²) in [6, 6.07) is 0.738. The number of hydrogen-bond acceptors (Lipinski definition) is 6. The Morgan fingerprint density at radius 2 is 2.17 bits per heavy atom. The predicted octanol–water partition coefficient (Wildman–Crippen LogP) is -0.485. The van der Waals surface area contributed by atoms with E-state index in [0.717, 1.165) is 38.6 Å². The van der Waals surface area contributed by atoms with Gasteiger partial charge in [-0.25, -0.2) is 4.68 Å². The van der Waals surface area contributed by atoms with E-state index in [2.05, 4.69) is 20.5 Å². The van der Waals surface area contributed by atoms with Gasteiger partial charge in [0, 0.05) is 24.7 Å². The molecule has 8 heteroatoms. The van der Waals surface area contributed by atoms with Crippen molar-refractivity contribution >= 4 is 5.91 Å². The third kappa shape index (κ3) is 3.70. The minimum absolute atomic E-state index is 0.0440. The summed E-state index contributed by atoms with van der Waals surface area (Å²) >= 11 is 0. The highest BCUT2D eigenvalue weighted by Gasteiger charge is 2.30. The third-order valence-electron chi connectivity index (χ3n) is 5.09. The minimum atomic E-state index is -0.194. The average Bonchev–Trinajstić information content (AvgIpc) is 3.15. The summed E-state index contributed by atoms with van der Waals surface area (Å²) in [5.74, 6) is -0.194. The molecule has 8 nitrogen and oxygen atoms in total. The standard InChI is InChI=1S/C15H26N6O2/c1-20-7-11(6-13(20)9-22)17-15(23)14-8-21(19-18-14)12-4-2-10(16)3-5-12/h8,10-13,22H,2-7,9,16H2,1H3,(H,17,23)/t10?,11-,12?,13+/m1/s1. The molecule has 1 saturated heterocycles. The molecule has 1 aromatic rings. The normalized spacial score (nSPS) is 32.1. The van der Waals surface area contributed by atoms with Gasteiger partial charge in [0.05, 0.1) is 18.8 Å². The van der Waals surface area contributed by atoms with Crippen LogP contribution in [0.2, 0.25) is 0 Å². The number of aliphatic hydroxyl groups is 1. The number of nitrogens with zero attached hydrogens (tertiary/aromatic N) is 4. The van der Waals surface area contributed by atoms with Crippen molar-refractivity contribution in [3.8, 4) is 0 Å². The molecule has 4 N–H and O–H groups in total. The van der Waals surface area contributed by atoms with Gasteiger partial charge >= 0.3 is 0 Å². The van der Waals surface area contributed by atoms with Crippen LogP contribution in [-0.4, -0.2) is 69.2 Å². The summed E-state index contributed by atoms with van der Waals surface area (Å²) in [5.41, 5.74) is 6.28. The SMILES string of the molecule is CN1C[C@H](NC(=O)c2cn(C3CCC(N)CC3)nn2)C[C@H]1CO. The third-order valence-corrected chi connectivity index (χ3v) is 5.09. The summed E-state index contributed by atoms with van der Waals surface area (Å²) in [6.07, 6.45) is 6.44. The molecule has 0 unspecified atom stereocenters. The molecule has 3 rings (SSSR count). The Labute approximate surface area is 136 Å². The first-order chi connectivity index (χ1) is 11.1. The number of carbonyl (C=O) groups is 1. The lowest BCUT2D eigenvalue weighted by molar-refractivity contribution is 0.0933. The van der Waals surface area contributed by atoms with E-state index in [-0.39, 0.29) is 30.6 Å². The van der Waals surface area contributed by atoms with Crippen LogP contribution in [0.5, 0.6) is 0 Å². The first-order valence-electron chi connectivity index (χ1n) is 8.36. The molecule has 0 spiro atoms. The Hall–Kier alpha value is -1.51. The number of carbonyl (C=O) groups excluding carboxylic acids is 1. The van der Waals surface area contributed by atoms with Crippen LogP contribution in [0, 0.1) is 0 Å². The van der Waals surface area contributed by atoms with Gasteiger partial charge in [0.25, 0.3) is 5.91 Å². The maximum atomic E-state index is 12.3. The number of likely N-dealkylation sites (N-methyl/N-ethyl adjacent to an activating group) is 1. The highest BCUT2D eigenvalue weighted by atomic mass is 16.3. The van der Waals surface area contributed by atoms with Crippen molar-refractivity contribution in [2.45, 2.75) is 56.3 Å². The highest BCUT2D eigenvalue weighted by molar-refractivity contribution is 5.92. The molecule has 0 aromatic carbocycles. The van der Waals surface area contributed by atoms with Crippen molar-refractivity contribution in [2.75, 3.05) is 20.2 Å². The van der Waals surface area contributed by atoms with Gasteiger partial charge in [-0.3, -0.25) is 9.69 Å². The molecule has 0 radical (unpaired) electrons. The van der Waals surface area contributed by atoms with Gasteiger partial charge < -0.3 is 16.2 Å². The van der Waals surface area contributed by atoms with Gasteiger partial charge in [0.15, 0.2) is 5.69 Å². The quantitative estimate of drug-likeness (QED) is 0.690. The van der Waals surface area contributed by atoms with Gasteiger partial charge in [-0.05, 0) is 39.2 Å². The van der Waals surface area contributed by atoms with Crippen LogP contribution in [0.3, 0.4) is 0 Å². The fourth-order valence-corrected chi connectivity index (χ4v) is 3.58. The van der Waals surface area contributed by atoms with E-state index in [9.17, 15) is 9.90 Å². The van der Waals surface area contributed by atoms with Crippen molar-refractivity contribution in [3.63, 3.8) is 0 Å². The molecule has 1 aliphatic carbocycles. The summed E-state index contributed by atoms with van der Waals surface area (Å²) in [6.45, 7) is 0.856. The number of amides is 1. The number of likely N-dealkylation sites (tertiary alicyclic amines) is 1. The van der Waals surface area contributed by atoms with Gasteiger partial charge in [-0.2, -0.15) is 0 Å². The Bertz CT molecular complexity index is 540. The van der Waals surface area contributed by atoms with E-state index < -0.39 is 0 Å². The second kappa shape index (κ2) is 6.94. The lowest BCUT2D eigenvalue weighted by Gasteiger charge is -2.25. The molecular formula is C15H26N6O2. The Morgan fingerprint density at radius 3 is 2.83 bits per heavy atom. The van der Waals surface area contributed by atoms with E-state index in [1.54, 1.807) is 10.9 Å². The molecule has 0 bridgehead atoms. The van der Waals surface area contributed by atoms with Crippen LogP contribution in [0.25, 0.3) is 0 Å². The molecule has 2 atom stereocenters. The molecule has 23 heavy (non-hydrogen) atoms. The van der Waals surface area contributed by atoms with E-state index >= 15 is 0 Å². The molecule has 2 fully saturated rings. The maximum Gasteiger partial charge on any atom is 0.273 e. The smallest absolute Gasteiger partial charge is 0.273 e. The van der Waals surface area contributed by atoms with E-state index in [1.807, 2.05) is 7.05 Å². The first kappa shape index (κ1) is 16.4. The van der Waals surface area contributed by atoms with Crippen molar-refractivity contribution in [3.05, 3.63) is 11.9 Å². The fraction of sp³-hybridized carbons (Fsp3) is 0.800. The molecule has 2 heterocycles. The molecule has 1 aromatic heterocycles. The topological polar surface area (TPSA) is 109 Å². The van der Waals surface area contributed by atoms with E-state index in [1.165, 1.54) is 0 Å². The van der Waals surface area contributed by atoms with Crippen LogP contribution in [0.15, 0.2) is 6.20 Å². The molecule has 1 amide bonds. The fourth-order valence-electron chi connectivity index (χ4n) is 3.58. The summed E-state index contributed by atoms with van der Waals surface area (Å²) in [7, 11) is 1.96. The maximum absolute atomic E-state index is 12.3. The Kier molecular flexibility index (Phi) is 4.93. The number of aliphatic hydroxyl groups excluding tert-OH is 1. The Morgan fingerprint density at radius 1 is 1.43 bits per heavy atom. The van der Waals surface area contributed by atoms with Crippen molar-refractivity contribution < 1.29 is 9.90 Å². The van der Waals surface area contributed by atoms with E-state index in [0.29, 0.717) is 11.7 Å². The second-order valence-corrected chi connectivity index (χ2v) is 6.83. The van der Waals surface area contributed by atoms with Crippen LogP contribution >= 0.6 is 0 Å². The number of aromatic nitrogens is 3. The monoisotopic (exact) mass is 322 g/mol. The lowest BCUT2D eigenvalue weighted by atomic mass is 9.92. The second-order valence-electron chi connectivity index (χ2n) is 6.83. The molecular weight excluding hydrogens is 296 g/mol. The van der Waals surface area contributed by atoms with Crippen molar-refractivity contribution in [1.29, 1.82) is 0 Å². The van der Waals surface area contributed by atoms with Crippen molar-refractivity contribution in [1.82, 2.24) is 25.2 Å². The Balaban J connectivity index is 1.56. The van der Waals surface area contributed by atoms with Crippen LogP contribution in [-0.2, 0) is 0 Å². The zero-order valence-electron chi connectivity index (χ0n) is 13.6. The zero-order valence-corrected chi connectivity index (χ0v) is 13.6. The van der Waals surface area contributed by atoms with E-state index in [4.69, 9.17) is 5.73 Å². The number of nitrogens with two attached hydrogens (primary N) is 1. The van der Waals surface area contributed by atoms with Crippen LogP contribution in [0.4, 0.5) is 0 Å². The minimum Gasteiger partial charge on any atom is -0.395 e. The van der Waals surface area contributed by atoms with Gasteiger partial charge in [-0.15, -0.1) is 5.10 Å². The number of rotatable bonds is 4. The van der Waals surface area contributed by atoms with Gasteiger partial charge in [0.1, 0.15) is 0 Å².